The molecular formula is C12H15NO3S2. The number of carboxylic acid groups (broad SMARTS) is 1. The maximum absolute atomic E-state index is 11.4. The molecule has 18 heavy (non-hydrogen) atoms. The van der Waals surface area contributed by atoms with Gasteiger partial charge in [-0.25, -0.2) is 4.79 Å². The molecule has 0 bridgehead atoms. The van der Waals surface area contributed by atoms with Crippen LogP contribution in [0.1, 0.15) is 16.9 Å². The summed E-state index contributed by atoms with van der Waals surface area (Å²) in [5.41, 5.74) is 0.843. The summed E-state index contributed by atoms with van der Waals surface area (Å²) < 4.78 is 0. The highest BCUT2D eigenvalue weighted by atomic mass is 32.2. The van der Waals surface area contributed by atoms with Gasteiger partial charge in [0, 0.05) is 23.1 Å². The molecule has 1 heterocycles. The van der Waals surface area contributed by atoms with Crippen LogP contribution in [0.15, 0.2) is 17.5 Å². The quantitative estimate of drug-likeness (QED) is 0.754. The van der Waals surface area contributed by atoms with Crippen LogP contribution in [0, 0.1) is 0 Å². The fourth-order valence-corrected chi connectivity index (χ4v) is 2.40. The van der Waals surface area contributed by atoms with Gasteiger partial charge in [0.05, 0.1) is 6.54 Å². The normalized spacial score (nSPS) is 10.7. The average molecular weight is 285 g/mol. The minimum absolute atomic E-state index is 0.0420. The Hall–Kier alpha value is -1.27. The smallest absolute Gasteiger partial charge is 0.328 e. The van der Waals surface area contributed by atoms with Gasteiger partial charge in [0.1, 0.15) is 0 Å². The van der Waals surface area contributed by atoms with Gasteiger partial charge in [-0.15, -0.1) is 11.3 Å². The highest BCUT2D eigenvalue weighted by Gasteiger charge is 2.02. The lowest BCUT2D eigenvalue weighted by atomic mass is 10.3. The number of nitrogens with one attached hydrogen (secondary N) is 1. The van der Waals surface area contributed by atoms with Crippen LogP contribution < -0.4 is 5.32 Å². The fraction of sp³-hybridized carbons (Fsp3) is 0.333. The van der Waals surface area contributed by atoms with Gasteiger partial charge in [-0.3, -0.25) is 4.79 Å². The van der Waals surface area contributed by atoms with E-state index < -0.39 is 5.97 Å². The minimum Gasteiger partial charge on any atom is -0.478 e. The first-order valence-electron chi connectivity index (χ1n) is 5.36. The van der Waals surface area contributed by atoms with Crippen molar-refractivity contribution in [1.29, 1.82) is 0 Å². The molecule has 6 heteroatoms. The monoisotopic (exact) mass is 285 g/mol. The highest BCUT2D eigenvalue weighted by Crippen LogP contribution is 2.15. The highest BCUT2D eigenvalue weighted by molar-refractivity contribution is 7.98. The van der Waals surface area contributed by atoms with Crippen LogP contribution in [0.25, 0.3) is 6.08 Å². The van der Waals surface area contributed by atoms with Gasteiger partial charge in [0.2, 0.25) is 5.91 Å². The molecule has 1 aromatic heterocycles. The first-order chi connectivity index (χ1) is 8.61. The molecule has 0 radical (unpaired) electrons. The number of thiophene rings is 1. The van der Waals surface area contributed by atoms with E-state index in [0.717, 1.165) is 22.3 Å². The zero-order valence-electron chi connectivity index (χ0n) is 10.0. The summed E-state index contributed by atoms with van der Waals surface area (Å²) in [4.78, 5) is 22.7. The Kier molecular flexibility index (Phi) is 6.53. The van der Waals surface area contributed by atoms with Gasteiger partial charge >= 0.3 is 5.97 Å². The molecule has 1 rings (SSSR count). The maximum Gasteiger partial charge on any atom is 0.328 e. The second-order valence-corrected chi connectivity index (χ2v) is 5.52. The molecule has 0 aliphatic carbocycles. The summed E-state index contributed by atoms with van der Waals surface area (Å²) in [7, 11) is 0. The molecule has 0 unspecified atom stereocenters. The van der Waals surface area contributed by atoms with Crippen molar-refractivity contribution in [2.75, 3.05) is 12.0 Å². The molecule has 0 aliphatic heterocycles. The van der Waals surface area contributed by atoms with E-state index in [-0.39, 0.29) is 5.91 Å². The zero-order valence-corrected chi connectivity index (χ0v) is 11.6. The van der Waals surface area contributed by atoms with E-state index in [4.69, 9.17) is 5.11 Å². The van der Waals surface area contributed by atoms with Crippen LogP contribution in [0.5, 0.6) is 0 Å². The predicted molar refractivity (Wildman–Crippen MR) is 75.8 cm³/mol. The number of carbonyl (C=O) groups is 2. The summed E-state index contributed by atoms with van der Waals surface area (Å²) >= 11 is 3.14. The van der Waals surface area contributed by atoms with E-state index in [2.05, 4.69) is 5.32 Å². The second-order valence-electron chi connectivity index (χ2n) is 3.54. The van der Waals surface area contributed by atoms with E-state index in [0.29, 0.717) is 13.0 Å². The topological polar surface area (TPSA) is 66.4 Å². The summed E-state index contributed by atoms with van der Waals surface area (Å²) in [6.45, 7) is 0.499. The van der Waals surface area contributed by atoms with Crippen molar-refractivity contribution < 1.29 is 14.7 Å². The molecule has 98 valence electrons. The van der Waals surface area contributed by atoms with Crippen molar-refractivity contribution >= 4 is 41.1 Å². The van der Waals surface area contributed by atoms with Crippen LogP contribution in [0.3, 0.4) is 0 Å². The average Bonchev–Trinajstić information content (AvgIpc) is 2.79. The summed E-state index contributed by atoms with van der Waals surface area (Å²) in [5, 5.41) is 13.2. The number of thioether (sulfide) groups is 1. The predicted octanol–water partition coefficient (Wildman–Crippen LogP) is 2.22. The SMILES string of the molecule is CSCCC(=O)NCc1cc(C=CC(=O)O)cs1. The third-order valence-corrected chi connectivity index (χ3v) is 3.65. The Morgan fingerprint density at radius 3 is 3.00 bits per heavy atom. The Morgan fingerprint density at radius 2 is 2.33 bits per heavy atom. The fourth-order valence-electron chi connectivity index (χ4n) is 1.21. The summed E-state index contributed by atoms with van der Waals surface area (Å²) in [5.74, 6) is -0.100. The van der Waals surface area contributed by atoms with Crippen LogP contribution >= 0.6 is 23.1 Å². The third-order valence-electron chi connectivity index (χ3n) is 2.09. The first kappa shape index (κ1) is 14.8. The van der Waals surface area contributed by atoms with E-state index in [1.54, 1.807) is 11.8 Å². The number of hydrogen-bond acceptors (Lipinski definition) is 4. The van der Waals surface area contributed by atoms with Crippen LogP contribution in [-0.2, 0) is 16.1 Å². The lowest BCUT2D eigenvalue weighted by molar-refractivity contribution is -0.131. The molecule has 1 aromatic rings. The van der Waals surface area contributed by atoms with Gasteiger partial charge in [-0.2, -0.15) is 11.8 Å². The maximum atomic E-state index is 11.4. The van der Waals surface area contributed by atoms with Crippen molar-refractivity contribution in [2.45, 2.75) is 13.0 Å². The molecular weight excluding hydrogens is 270 g/mol. The molecule has 2 N–H and O–H groups in total. The molecule has 1 amide bonds. The molecule has 0 fully saturated rings. The van der Waals surface area contributed by atoms with Gasteiger partial charge in [0.15, 0.2) is 0 Å². The van der Waals surface area contributed by atoms with Gasteiger partial charge in [-0.05, 0) is 29.3 Å². The number of rotatable bonds is 7. The van der Waals surface area contributed by atoms with Crippen molar-refractivity contribution in [3.8, 4) is 0 Å². The van der Waals surface area contributed by atoms with Crippen molar-refractivity contribution in [3.63, 3.8) is 0 Å². The van der Waals surface area contributed by atoms with E-state index in [9.17, 15) is 9.59 Å². The minimum atomic E-state index is -0.965. The van der Waals surface area contributed by atoms with Crippen LogP contribution in [0.4, 0.5) is 0 Å². The van der Waals surface area contributed by atoms with Crippen molar-refractivity contribution in [1.82, 2.24) is 5.32 Å². The Balaban J connectivity index is 2.39. The lowest BCUT2D eigenvalue weighted by Crippen LogP contribution is -2.22. The summed E-state index contributed by atoms with van der Waals surface area (Å²) in [6, 6.07) is 1.87. The van der Waals surface area contributed by atoms with Gasteiger partial charge in [-0.1, -0.05) is 0 Å². The van der Waals surface area contributed by atoms with Gasteiger partial charge < -0.3 is 10.4 Å². The van der Waals surface area contributed by atoms with Crippen molar-refractivity contribution in [3.05, 3.63) is 28.0 Å². The molecule has 0 aliphatic rings. The summed E-state index contributed by atoms with van der Waals surface area (Å²) in [6.07, 6.45) is 5.13. The third kappa shape index (κ3) is 5.88. The molecule has 0 atom stereocenters. The number of hydrogen-bond donors (Lipinski definition) is 2. The molecule has 0 spiro atoms. The van der Waals surface area contributed by atoms with Crippen LogP contribution in [0.2, 0.25) is 0 Å². The number of carbonyl (C=O) groups excluding carboxylic acids is 1. The number of carboxylic acids is 1. The molecule has 4 nitrogen and oxygen atoms in total. The number of aliphatic carboxylic acids is 1. The van der Waals surface area contributed by atoms with E-state index in [1.807, 2.05) is 17.7 Å². The van der Waals surface area contributed by atoms with Crippen molar-refractivity contribution in [2.24, 2.45) is 0 Å². The zero-order chi connectivity index (χ0) is 13.4. The van der Waals surface area contributed by atoms with E-state index in [1.165, 1.54) is 17.4 Å². The Labute approximate surface area is 114 Å². The number of amides is 1. The lowest BCUT2D eigenvalue weighted by Gasteiger charge is -2.01. The van der Waals surface area contributed by atoms with Gasteiger partial charge in [0.25, 0.3) is 0 Å². The first-order valence-corrected chi connectivity index (χ1v) is 7.63. The Morgan fingerprint density at radius 1 is 1.56 bits per heavy atom. The standard InChI is InChI=1S/C12H15NO3S2/c1-17-5-4-11(14)13-7-10-6-9(8-18-10)2-3-12(15)16/h2-3,6,8H,4-5,7H2,1H3,(H,13,14)(H,15,16). The second kappa shape index (κ2) is 7.94. The largest absolute Gasteiger partial charge is 0.478 e. The Bertz CT molecular complexity index is 440. The van der Waals surface area contributed by atoms with E-state index >= 15 is 0 Å². The molecule has 0 saturated carbocycles. The molecule has 0 aromatic carbocycles. The van der Waals surface area contributed by atoms with Crippen LogP contribution in [-0.4, -0.2) is 29.0 Å². The molecule has 0 saturated heterocycles.